The van der Waals surface area contributed by atoms with Crippen molar-refractivity contribution in [3.63, 3.8) is 0 Å². The van der Waals surface area contributed by atoms with E-state index in [0.717, 1.165) is 39.2 Å². The van der Waals surface area contributed by atoms with Gasteiger partial charge in [-0.2, -0.15) is 5.10 Å². The number of carbonyl (C=O) groups excluding carboxylic acids is 2. The number of phenols is 1. The normalized spacial score (nSPS) is 11.4. The molecule has 0 saturated carbocycles. The Morgan fingerprint density at radius 2 is 1.61 bits per heavy atom. The summed E-state index contributed by atoms with van der Waals surface area (Å²) in [5.74, 6) is -0.0975. The Bertz CT molecular complexity index is 1830. The molecular formula is C35H33ClN4O4. The molecule has 0 radical (unpaired) electrons. The fourth-order valence-corrected chi connectivity index (χ4v) is 5.07. The monoisotopic (exact) mass is 608 g/mol. The van der Waals surface area contributed by atoms with Crippen LogP contribution in [-0.4, -0.2) is 66.7 Å². The quantitative estimate of drug-likeness (QED) is 0.140. The molecule has 0 aromatic heterocycles. The maximum absolute atomic E-state index is 13.5. The number of rotatable bonds is 11. The molecule has 0 aliphatic rings. The fraction of sp³-hybridized carbons (Fsp3) is 0.171. The first kappa shape index (κ1) is 30.5. The van der Waals surface area contributed by atoms with Crippen molar-refractivity contribution in [3.05, 3.63) is 119 Å². The van der Waals surface area contributed by atoms with Crippen LogP contribution < -0.4 is 10.2 Å². The average Bonchev–Trinajstić information content (AvgIpc) is 3.03. The van der Waals surface area contributed by atoms with Crippen LogP contribution in [0.2, 0.25) is 5.02 Å². The molecule has 224 valence electrons. The lowest BCUT2D eigenvalue weighted by Crippen LogP contribution is -2.39. The summed E-state index contributed by atoms with van der Waals surface area (Å²) in [6.07, 6.45) is 1.55. The minimum absolute atomic E-state index is 0.0797. The molecule has 0 fully saturated rings. The number of nitrogens with zero attached hydrogens (tertiary/aromatic N) is 3. The molecule has 0 aliphatic carbocycles. The maximum atomic E-state index is 13.5. The largest absolute Gasteiger partial charge is 0.506 e. The number of hydrogen-bond acceptors (Lipinski definition) is 6. The van der Waals surface area contributed by atoms with E-state index in [0.29, 0.717) is 18.8 Å². The number of carbonyl (C=O) groups is 2. The number of likely N-dealkylation sites (N-methyl/N-ethyl adjacent to an activating group) is 1. The van der Waals surface area contributed by atoms with Gasteiger partial charge in [-0.05, 0) is 66.1 Å². The zero-order chi connectivity index (χ0) is 31.1. The van der Waals surface area contributed by atoms with Crippen molar-refractivity contribution in [1.29, 1.82) is 0 Å². The number of hydrogen-bond donors (Lipinski definition) is 2. The van der Waals surface area contributed by atoms with Crippen molar-refractivity contribution in [2.45, 2.75) is 6.54 Å². The van der Waals surface area contributed by atoms with Crippen molar-refractivity contribution in [2.75, 3.05) is 33.8 Å². The van der Waals surface area contributed by atoms with Gasteiger partial charge in [-0.1, -0.05) is 78.3 Å². The molecule has 0 bridgehead atoms. The molecule has 0 atom stereocenters. The molecule has 5 rings (SSSR count). The number of benzene rings is 5. The molecule has 9 heteroatoms. The summed E-state index contributed by atoms with van der Waals surface area (Å²) >= 11 is 5.91. The lowest BCUT2D eigenvalue weighted by Gasteiger charge is -2.25. The molecular weight excluding hydrogens is 576 g/mol. The molecule has 0 aliphatic heterocycles. The van der Waals surface area contributed by atoms with E-state index in [9.17, 15) is 14.7 Å². The van der Waals surface area contributed by atoms with Crippen molar-refractivity contribution in [3.8, 4) is 11.5 Å². The van der Waals surface area contributed by atoms with E-state index in [1.54, 1.807) is 12.3 Å². The van der Waals surface area contributed by atoms with Crippen LogP contribution >= 0.6 is 11.6 Å². The van der Waals surface area contributed by atoms with Crippen LogP contribution in [0.25, 0.3) is 21.5 Å². The van der Waals surface area contributed by atoms with Crippen LogP contribution in [0.5, 0.6) is 11.5 Å². The number of phenolic OH excluding ortho intramolecular Hbond substituents is 1. The van der Waals surface area contributed by atoms with Crippen molar-refractivity contribution < 1.29 is 19.4 Å². The summed E-state index contributed by atoms with van der Waals surface area (Å²) in [5, 5.41) is 17.7. The summed E-state index contributed by atoms with van der Waals surface area (Å²) in [4.78, 5) is 29.9. The van der Waals surface area contributed by atoms with Gasteiger partial charge >= 0.3 is 0 Å². The highest BCUT2D eigenvalue weighted by molar-refractivity contribution is 6.32. The first-order valence-corrected chi connectivity index (χ1v) is 14.5. The van der Waals surface area contributed by atoms with Crippen LogP contribution in [-0.2, 0) is 11.3 Å². The molecule has 8 nitrogen and oxygen atoms in total. The standard InChI is InChI=1S/C35H33ClN4O4/c1-39(2)18-19-40(22-27-10-7-9-24-8-3-4-11-28(24)27)34(42)23-44-33-17-15-26(29-12-5-6-13-30(29)33)21-37-38-35(43)25-14-16-32(41)31(36)20-25/h3-17,20-21,41H,18-19,22-23H2,1-2H3,(H,38,43). The third kappa shape index (κ3) is 7.34. The Kier molecular flexibility index (Phi) is 9.74. The van der Waals surface area contributed by atoms with Crippen molar-refractivity contribution >= 4 is 51.2 Å². The first-order chi connectivity index (χ1) is 21.3. The van der Waals surface area contributed by atoms with Gasteiger partial charge in [0.15, 0.2) is 6.61 Å². The molecule has 2 N–H and O–H groups in total. The first-order valence-electron chi connectivity index (χ1n) is 14.2. The van der Waals surface area contributed by atoms with Gasteiger partial charge in [-0.25, -0.2) is 5.43 Å². The Morgan fingerprint density at radius 1 is 0.886 bits per heavy atom. The minimum atomic E-state index is -0.465. The van der Waals surface area contributed by atoms with Crippen LogP contribution in [0.3, 0.4) is 0 Å². The van der Waals surface area contributed by atoms with E-state index in [1.807, 2.05) is 67.5 Å². The van der Waals surface area contributed by atoms with Gasteiger partial charge in [-0.3, -0.25) is 9.59 Å². The number of halogens is 1. The topological polar surface area (TPSA) is 94.5 Å². The van der Waals surface area contributed by atoms with Crippen LogP contribution in [0, 0.1) is 0 Å². The zero-order valence-electron chi connectivity index (χ0n) is 24.5. The summed E-state index contributed by atoms with van der Waals surface area (Å²) in [5.41, 5.74) is 4.59. The molecule has 0 spiro atoms. The second-order valence-electron chi connectivity index (χ2n) is 10.6. The molecule has 0 unspecified atom stereocenters. The number of aromatic hydroxyl groups is 1. The number of fused-ring (bicyclic) bond motifs is 2. The Labute approximate surface area is 261 Å². The van der Waals surface area contributed by atoms with Crippen LogP contribution in [0.1, 0.15) is 21.5 Å². The summed E-state index contributed by atoms with van der Waals surface area (Å²) < 4.78 is 6.12. The molecule has 0 heterocycles. The fourth-order valence-electron chi connectivity index (χ4n) is 4.89. The van der Waals surface area contributed by atoms with Gasteiger partial charge in [0, 0.05) is 36.1 Å². The second-order valence-corrected chi connectivity index (χ2v) is 11.0. The number of nitrogens with one attached hydrogen (secondary N) is 1. The minimum Gasteiger partial charge on any atom is -0.506 e. The lowest BCUT2D eigenvalue weighted by atomic mass is 10.0. The van der Waals surface area contributed by atoms with E-state index in [2.05, 4.69) is 39.7 Å². The SMILES string of the molecule is CN(C)CCN(Cc1cccc2ccccc12)C(=O)COc1ccc(C=NNC(=O)c2ccc(O)c(Cl)c2)c2ccccc12. The second kappa shape index (κ2) is 14.0. The van der Waals surface area contributed by atoms with Gasteiger partial charge in [0.2, 0.25) is 0 Å². The van der Waals surface area contributed by atoms with Crippen molar-refractivity contribution in [2.24, 2.45) is 5.10 Å². The van der Waals surface area contributed by atoms with Gasteiger partial charge in [0.1, 0.15) is 11.5 Å². The smallest absolute Gasteiger partial charge is 0.271 e. The van der Waals surface area contributed by atoms with Gasteiger partial charge in [-0.15, -0.1) is 0 Å². The van der Waals surface area contributed by atoms with Gasteiger partial charge in [0.25, 0.3) is 11.8 Å². The predicted octanol–water partition coefficient (Wildman–Crippen LogP) is 6.09. The molecule has 5 aromatic carbocycles. The molecule has 5 aromatic rings. The number of ether oxygens (including phenoxy) is 1. The molecule has 2 amide bonds. The third-order valence-electron chi connectivity index (χ3n) is 7.26. The van der Waals surface area contributed by atoms with Crippen molar-refractivity contribution in [1.82, 2.24) is 15.2 Å². The lowest BCUT2D eigenvalue weighted by molar-refractivity contribution is -0.134. The van der Waals surface area contributed by atoms with E-state index in [-0.39, 0.29) is 28.8 Å². The molecule has 44 heavy (non-hydrogen) atoms. The number of amides is 2. The van der Waals surface area contributed by atoms with E-state index >= 15 is 0 Å². The van der Waals surface area contributed by atoms with E-state index in [1.165, 1.54) is 18.2 Å². The van der Waals surface area contributed by atoms with E-state index in [4.69, 9.17) is 16.3 Å². The Balaban J connectivity index is 1.30. The van der Waals surface area contributed by atoms with Gasteiger partial charge in [0.05, 0.1) is 11.2 Å². The maximum Gasteiger partial charge on any atom is 0.271 e. The highest BCUT2D eigenvalue weighted by Gasteiger charge is 2.17. The highest BCUT2D eigenvalue weighted by atomic mass is 35.5. The highest BCUT2D eigenvalue weighted by Crippen LogP contribution is 2.28. The Morgan fingerprint density at radius 3 is 2.39 bits per heavy atom. The van der Waals surface area contributed by atoms with Crippen LogP contribution in [0.4, 0.5) is 0 Å². The number of hydrazone groups is 1. The summed E-state index contributed by atoms with van der Waals surface area (Å²) in [6.45, 7) is 1.66. The van der Waals surface area contributed by atoms with Gasteiger partial charge < -0.3 is 19.6 Å². The molecule has 0 saturated heterocycles. The predicted molar refractivity (Wildman–Crippen MR) is 176 cm³/mol. The zero-order valence-corrected chi connectivity index (χ0v) is 25.3. The van der Waals surface area contributed by atoms with Crippen LogP contribution in [0.15, 0.2) is 102 Å². The summed E-state index contributed by atoms with van der Waals surface area (Å²) in [6, 6.07) is 29.8. The average molecular weight is 609 g/mol. The Hall–Kier alpha value is -4.92. The summed E-state index contributed by atoms with van der Waals surface area (Å²) in [7, 11) is 3.98. The third-order valence-corrected chi connectivity index (χ3v) is 7.56. The van der Waals surface area contributed by atoms with E-state index < -0.39 is 5.91 Å².